The number of nitrogens with one attached hydrogen (secondary N) is 1. The highest BCUT2D eigenvalue weighted by Gasteiger charge is 2.09. The fraction of sp³-hybridized carbons (Fsp3) is 0.250. The molecule has 0 aromatic carbocycles. The molecule has 1 N–H and O–H groups in total. The summed E-state index contributed by atoms with van der Waals surface area (Å²) in [6.07, 6.45) is 1.51. The number of rotatable bonds is 4. The molecule has 0 unspecified atom stereocenters. The van der Waals surface area contributed by atoms with Crippen LogP contribution in [0.1, 0.15) is 0 Å². The van der Waals surface area contributed by atoms with Crippen LogP contribution in [0.4, 0.5) is 0 Å². The number of carbonyl (C=O) groups is 1. The number of hydrogen-bond acceptors (Lipinski definition) is 4. The van der Waals surface area contributed by atoms with Crippen LogP contribution in [-0.4, -0.2) is 25.3 Å². The third-order valence-electron chi connectivity index (χ3n) is 1.01. The predicted molar refractivity (Wildman–Crippen MR) is 46.8 cm³/mol. The molecule has 0 saturated heterocycles. The van der Waals surface area contributed by atoms with E-state index in [-0.39, 0.29) is 12.3 Å². The van der Waals surface area contributed by atoms with E-state index in [2.05, 4.69) is 27.6 Å². The molecule has 0 radical (unpaired) electrons. The third kappa shape index (κ3) is 4.40. The van der Waals surface area contributed by atoms with Crippen LogP contribution in [0.3, 0.4) is 0 Å². The molecule has 0 saturated carbocycles. The monoisotopic (exact) mass is 179 g/mol. The summed E-state index contributed by atoms with van der Waals surface area (Å²) in [5.41, 5.74) is 2.15. The highest BCUT2D eigenvalue weighted by Crippen LogP contribution is 1.79. The Kier molecular flexibility index (Phi) is 5.60. The largest absolute Gasteiger partial charge is 0.398 e. The molecule has 0 heterocycles. The Morgan fingerprint density at radius 1 is 1.85 bits per heavy atom. The van der Waals surface area contributed by atoms with Gasteiger partial charge in [0.25, 0.3) is 5.91 Å². The van der Waals surface area contributed by atoms with Crippen LogP contribution in [0.15, 0.2) is 23.5 Å². The van der Waals surface area contributed by atoms with Crippen LogP contribution in [-0.2, 0) is 9.63 Å². The minimum absolute atomic E-state index is 0.257. The molecule has 0 fully saturated rings. The van der Waals surface area contributed by atoms with Crippen molar-refractivity contribution in [2.24, 2.45) is 5.16 Å². The zero-order valence-electron chi connectivity index (χ0n) is 7.20. The van der Waals surface area contributed by atoms with Crippen molar-refractivity contribution in [2.75, 3.05) is 13.7 Å². The van der Waals surface area contributed by atoms with Gasteiger partial charge in [0.05, 0.1) is 0 Å². The number of nitrogens with zero attached hydrogens (tertiary/aromatic N) is 2. The molecule has 0 aliphatic heterocycles. The molecule has 0 aromatic heterocycles. The van der Waals surface area contributed by atoms with Crippen LogP contribution in [0, 0.1) is 11.3 Å². The number of carbonyl (C=O) groups excluding carboxylic acids is 1. The van der Waals surface area contributed by atoms with Crippen LogP contribution in [0.5, 0.6) is 0 Å². The molecule has 13 heavy (non-hydrogen) atoms. The second-order valence-corrected chi connectivity index (χ2v) is 1.85. The lowest BCUT2D eigenvalue weighted by atomic mass is 10.4. The first-order valence-corrected chi connectivity index (χ1v) is 3.40. The summed E-state index contributed by atoms with van der Waals surface area (Å²) < 4.78 is 0. The van der Waals surface area contributed by atoms with E-state index in [1.54, 1.807) is 6.07 Å². The van der Waals surface area contributed by atoms with Crippen LogP contribution < -0.4 is 5.32 Å². The molecule has 68 valence electrons. The number of nitriles is 1. The molecule has 0 rings (SSSR count). The van der Waals surface area contributed by atoms with E-state index in [1.165, 1.54) is 13.2 Å². The van der Waals surface area contributed by atoms with Gasteiger partial charge in [0.1, 0.15) is 13.2 Å². The van der Waals surface area contributed by atoms with Crippen molar-refractivity contribution in [3.63, 3.8) is 0 Å². The molecule has 0 bridgehead atoms. The molecule has 0 aliphatic rings. The van der Waals surface area contributed by atoms with Crippen LogP contribution >= 0.6 is 0 Å². The molecule has 0 spiro atoms. The minimum Gasteiger partial charge on any atom is -0.398 e. The summed E-state index contributed by atoms with van der Waals surface area (Å²) in [6, 6.07) is 1.59. The van der Waals surface area contributed by atoms with E-state index < -0.39 is 5.91 Å². The molecular formula is C8H9N3O2. The fourth-order valence-electron chi connectivity index (χ4n) is 0.504. The Labute approximate surface area is 76.0 Å². The SMILES string of the molecule is C=C=CCNC(=O)C(C#N)=NOC. The maximum Gasteiger partial charge on any atom is 0.284 e. The van der Waals surface area contributed by atoms with Crippen LogP contribution in [0.25, 0.3) is 0 Å². The van der Waals surface area contributed by atoms with Gasteiger partial charge < -0.3 is 10.2 Å². The average molecular weight is 179 g/mol. The van der Waals surface area contributed by atoms with Crippen molar-refractivity contribution >= 4 is 11.6 Å². The van der Waals surface area contributed by atoms with Crippen LogP contribution in [0.2, 0.25) is 0 Å². The molecule has 5 heteroatoms. The Bertz CT molecular complexity index is 295. The molecule has 5 nitrogen and oxygen atoms in total. The molecule has 0 aromatic rings. The summed E-state index contributed by atoms with van der Waals surface area (Å²) in [5.74, 6) is -0.587. The highest BCUT2D eigenvalue weighted by atomic mass is 16.6. The van der Waals surface area contributed by atoms with Gasteiger partial charge in [-0.05, 0) is 6.08 Å². The quantitative estimate of drug-likeness (QED) is 0.374. The molecular weight excluding hydrogens is 170 g/mol. The van der Waals surface area contributed by atoms with E-state index >= 15 is 0 Å². The maximum absolute atomic E-state index is 11.0. The lowest BCUT2D eigenvalue weighted by Crippen LogP contribution is -2.30. The van der Waals surface area contributed by atoms with E-state index in [9.17, 15) is 4.79 Å². The van der Waals surface area contributed by atoms with Gasteiger partial charge in [-0.1, -0.05) is 11.7 Å². The summed E-state index contributed by atoms with van der Waals surface area (Å²) in [6.45, 7) is 3.56. The Hall–Kier alpha value is -2.05. The minimum atomic E-state index is -0.587. The number of oxime groups is 1. The van der Waals surface area contributed by atoms with E-state index in [1.807, 2.05) is 0 Å². The van der Waals surface area contributed by atoms with E-state index in [0.29, 0.717) is 0 Å². The predicted octanol–water partition coefficient (Wildman–Crippen LogP) is -0.0303. The third-order valence-corrected chi connectivity index (χ3v) is 1.01. The van der Waals surface area contributed by atoms with Crippen molar-refractivity contribution in [3.05, 3.63) is 18.4 Å². The first-order chi connectivity index (χ1) is 6.26. The normalized spacial score (nSPS) is 9.38. The van der Waals surface area contributed by atoms with E-state index in [4.69, 9.17) is 5.26 Å². The molecule has 1 amide bonds. The van der Waals surface area contributed by atoms with Gasteiger partial charge in [0.2, 0.25) is 5.71 Å². The van der Waals surface area contributed by atoms with Crippen molar-refractivity contribution in [3.8, 4) is 6.07 Å². The van der Waals surface area contributed by atoms with Gasteiger partial charge in [0.15, 0.2) is 0 Å². The second kappa shape index (κ2) is 6.65. The van der Waals surface area contributed by atoms with Crippen molar-refractivity contribution < 1.29 is 9.63 Å². The number of hydrogen-bond donors (Lipinski definition) is 1. The Morgan fingerprint density at radius 2 is 2.54 bits per heavy atom. The first kappa shape index (κ1) is 11.0. The average Bonchev–Trinajstić information content (AvgIpc) is 2.14. The lowest BCUT2D eigenvalue weighted by molar-refractivity contribution is -0.114. The maximum atomic E-state index is 11.0. The zero-order chi connectivity index (χ0) is 10.1. The van der Waals surface area contributed by atoms with Gasteiger partial charge in [-0.25, -0.2) is 0 Å². The Balaban J connectivity index is 4.17. The summed E-state index contributed by atoms with van der Waals surface area (Å²) >= 11 is 0. The smallest absolute Gasteiger partial charge is 0.284 e. The first-order valence-electron chi connectivity index (χ1n) is 3.40. The molecule has 0 atom stereocenters. The standard InChI is InChI=1S/C8H9N3O2/c1-3-4-5-10-8(12)7(6-9)11-13-2/h4H,1,5H2,2H3,(H,10,12). The fourth-order valence-corrected chi connectivity index (χ4v) is 0.504. The topological polar surface area (TPSA) is 74.5 Å². The van der Waals surface area contributed by atoms with Gasteiger partial charge in [-0.3, -0.25) is 4.79 Å². The summed E-state index contributed by atoms with van der Waals surface area (Å²) in [4.78, 5) is 15.3. The zero-order valence-corrected chi connectivity index (χ0v) is 7.20. The van der Waals surface area contributed by atoms with Gasteiger partial charge in [0, 0.05) is 6.54 Å². The van der Waals surface area contributed by atoms with E-state index in [0.717, 1.165) is 0 Å². The van der Waals surface area contributed by atoms with Gasteiger partial charge >= 0.3 is 0 Å². The lowest BCUT2D eigenvalue weighted by Gasteiger charge is -1.97. The highest BCUT2D eigenvalue weighted by molar-refractivity contribution is 6.45. The van der Waals surface area contributed by atoms with Crippen molar-refractivity contribution in [1.29, 1.82) is 5.26 Å². The Morgan fingerprint density at radius 3 is 3.00 bits per heavy atom. The summed E-state index contributed by atoms with van der Waals surface area (Å²) in [7, 11) is 1.26. The molecule has 0 aliphatic carbocycles. The van der Waals surface area contributed by atoms with Crippen molar-refractivity contribution in [1.82, 2.24) is 5.32 Å². The van der Waals surface area contributed by atoms with Crippen molar-refractivity contribution in [2.45, 2.75) is 0 Å². The second-order valence-electron chi connectivity index (χ2n) is 1.85. The van der Waals surface area contributed by atoms with Gasteiger partial charge in [-0.15, -0.1) is 5.73 Å². The summed E-state index contributed by atoms with van der Waals surface area (Å²) in [5, 5.41) is 14.0. The van der Waals surface area contributed by atoms with Gasteiger partial charge in [-0.2, -0.15) is 5.26 Å². The number of amides is 1.